The Balaban J connectivity index is 2.64. The van der Waals surface area contributed by atoms with Gasteiger partial charge in [0.25, 0.3) is 0 Å². The number of nitrogens with one attached hydrogen (secondary N) is 1. The van der Waals surface area contributed by atoms with Crippen molar-refractivity contribution in [3.8, 4) is 0 Å². The van der Waals surface area contributed by atoms with Crippen LogP contribution < -0.4 is 5.32 Å². The summed E-state index contributed by atoms with van der Waals surface area (Å²) in [6.07, 6.45) is 3.73. The summed E-state index contributed by atoms with van der Waals surface area (Å²) in [5.74, 6) is 0.122. The number of sulfonamides is 1. The second kappa shape index (κ2) is 7.31. The quantitative estimate of drug-likeness (QED) is 0.671. The standard InChI is InChI=1S/C11H24N2O3S/c1-2-12-7-9-17(15,16)13-8-5-3-4-6-11(13)10-14/h11-12,14H,2-10H2,1H3. The molecule has 5 nitrogen and oxygen atoms in total. The Labute approximate surface area is 104 Å². The number of hydrogen-bond donors (Lipinski definition) is 2. The van der Waals surface area contributed by atoms with E-state index in [-0.39, 0.29) is 18.4 Å². The predicted molar refractivity (Wildman–Crippen MR) is 68.4 cm³/mol. The number of rotatable bonds is 6. The fourth-order valence-corrected chi connectivity index (χ4v) is 3.87. The first-order chi connectivity index (χ1) is 8.11. The van der Waals surface area contributed by atoms with Gasteiger partial charge in [-0.25, -0.2) is 8.42 Å². The van der Waals surface area contributed by atoms with Crippen molar-refractivity contribution in [1.82, 2.24) is 9.62 Å². The Morgan fingerprint density at radius 3 is 2.76 bits per heavy atom. The summed E-state index contributed by atoms with van der Waals surface area (Å²) in [5.41, 5.74) is 0. The molecule has 1 aliphatic heterocycles. The molecule has 0 aromatic rings. The van der Waals surface area contributed by atoms with Gasteiger partial charge in [0.2, 0.25) is 10.0 Å². The second-order valence-corrected chi connectivity index (χ2v) is 6.51. The third kappa shape index (κ3) is 4.54. The van der Waals surface area contributed by atoms with Crippen LogP contribution in [-0.2, 0) is 10.0 Å². The van der Waals surface area contributed by atoms with Crippen molar-refractivity contribution in [2.75, 3.05) is 32.0 Å². The molecule has 0 aromatic carbocycles. The minimum Gasteiger partial charge on any atom is -0.395 e. The van der Waals surface area contributed by atoms with Gasteiger partial charge in [-0.3, -0.25) is 0 Å². The molecule has 102 valence electrons. The molecule has 0 bridgehead atoms. The molecule has 1 rings (SSSR count). The van der Waals surface area contributed by atoms with Crippen LogP contribution in [0.4, 0.5) is 0 Å². The van der Waals surface area contributed by atoms with E-state index in [2.05, 4.69) is 5.32 Å². The van der Waals surface area contributed by atoms with Gasteiger partial charge >= 0.3 is 0 Å². The van der Waals surface area contributed by atoms with Crippen molar-refractivity contribution in [2.45, 2.75) is 38.6 Å². The molecule has 0 spiro atoms. The van der Waals surface area contributed by atoms with Crippen molar-refractivity contribution >= 4 is 10.0 Å². The van der Waals surface area contributed by atoms with E-state index >= 15 is 0 Å². The van der Waals surface area contributed by atoms with E-state index in [0.29, 0.717) is 13.1 Å². The summed E-state index contributed by atoms with van der Waals surface area (Å²) in [5, 5.41) is 12.3. The highest BCUT2D eigenvalue weighted by Gasteiger charge is 2.29. The zero-order valence-corrected chi connectivity index (χ0v) is 11.4. The lowest BCUT2D eigenvalue weighted by atomic mass is 10.1. The van der Waals surface area contributed by atoms with E-state index in [9.17, 15) is 13.5 Å². The number of nitrogens with zero attached hydrogens (tertiary/aromatic N) is 1. The highest BCUT2D eigenvalue weighted by molar-refractivity contribution is 7.89. The predicted octanol–water partition coefficient (Wildman–Crippen LogP) is 0.163. The van der Waals surface area contributed by atoms with Crippen molar-refractivity contribution < 1.29 is 13.5 Å². The average molecular weight is 264 g/mol. The van der Waals surface area contributed by atoms with Crippen LogP contribution in [0.1, 0.15) is 32.6 Å². The van der Waals surface area contributed by atoms with Crippen molar-refractivity contribution in [3.63, 3.8) is 0 Å². The van der Waals surface area contributed by atoms with E-state index in [1.165, 1.54) is 4.31 Å². The summed E-state index contributed by atoms with van der Waals surface area (Å²) in [7, 11) is -3.23. The fraction of sp³-hybridized carbons (Fsp3) is 1.00. The van der Waals surface area contributed by atoms with E-state index in [1.54, 1.807) is 0 Å². The average Bonchev–Trinajstić information content (AvgIpc) is 2.54. The van der Waals surface area contributed by atoms with Gasteiger partial charge < -0.3 is 10.4 Å². The Morgan fingerprint density at radius 1 is 1.35 bits per heavy atom. The van der Waals surface area contributed by atoms with Crippen LogP contribution in [0, 0.1) is 0 Å². The van der Waals surface area contributed by atoms with Gasteiger partial charge in [-0.15, -0.1) is 0 Å². The molecule has 1 heterocycles. The molecule has 1 aliphatic rings. The molecule has 1 fully saturated rings. The van der Waals surface area contributed by atoms with E-state index < -0.39 is 10.0 Å². The van der Waals surface area contributed by atoms with Gasteiger partial charge in [0, 0.05) is 19.1 Å². The Morgan fingerprint density at radius 2 is 2.12 bits per heavy atom. The fourth-order valence-electron chi connectivity index (χ4n) is 2.19. The van der Waals surface area contributed by atoms with Crippen LogP contribution in [0.3, 0.4) is 0 Å². The van der Waals surface area contributed by atoms with Gasteiger partial charge in [0.15, 0.2) is 0 Å². The molecule has 0 amide bonds. The normalized spacial score (nSPS) is 23.5. The second-order valence-electron chi connectivity index (χ2n) is 4.47. The molecule has 0 saturated carbocycles. The molecular formula is C11H24N2O3S. The molecule has 1 atom stereocenters. The van der Waals surface area contributed by atoms with Crippen LogP contribution in [0.2, 0.25) is 0 Å². The Hall–Kier alpha value is -0.170. The highest BCUT2D eigenvalue weighted by Crippen LogP contribution is 2.19. The first-order valence-corrected chi connectivity index (χ1v) is 8.04. The number of hydrogen-bond acceptors (Lipinski definition) is 4. The minimum absolute atomic E-state index is 0.0690. The zero-order chi connectivity index (χ0) is 12.7. The maximum Gasteiger partial charge on any atom is 0.215 e. The Kier molecular flexibility index (Phi) is 6.40. The van der Waals surface area contributed by atoms with E-state index in [4.69, 9.17) is 0 Å². The summed E-state index contributed by atoms with van der Waals surface area (Å²) in [6.45, 7) is 3.70. The summed E-state index contributed by atoms with van der Waals surface area (Å²) in [6, 6.07) is -0.218. The van der Waals surface area contributed by atoms with Gasteiger partial charge in [0.05, 0.1) is 12.4 Å². The lowest BCUT2D eigenvalue weighted by Gasteiger charge is -2.27. The first kappa shape index (κ1) is 14.9. The largest absolute Gasteiger partial charge is 0.395 e. The topological polar surface area (TPSA) is 69.6 Å². The molecule has 2 N–H and O–H groups in total. The molecule has 1 saturated heterocycles. The maximum absolute atomic E-state index is 12.2. The van der Waals surface area contributed by atoms with Crippen molar-refractivity contribution in [2.24, 2.45) is 0 Å². The van der Waals surface area contributed by atoms with E-state index in [0.717, 1.165) is 32.2 Å². The minimum atomic E-state index is -3.23. The lowest BCUT2D eigenvalue weighted by molar-refractivity contribution is 0.186. The van der Waals surface area contributed by atoms with Crippen LogP contribution in [0.5, 0.6) is 0 Å². The van der Waals surface area contributed by atoms with Crippen molar-refractivity contribution in [3.05, 3.63) is 0 Å². The summed E-state index contributed by atoms with van der Waals surface area (Å²) < 4.78 is 25.8. The van der Waals surface area contributed by atoms with Crippen molar-refractivity contribution in [1.29, 1.82) is 0 Å². The molecule has 0 radical (unpaired) electrons. The van der Waals surface area contributed by atoms with E-state index in [1.807, 2.05) is 6.92 Å². The van der Waals surface area contributed by atoms with Gasteiger partial charge in [-0.2, -0.15) is 4.31 Å². The summed E-state index contributed by atoms with van der Waals surface area (Å²) >= 11 is 0. The SMILES string of the molecule is CCNCCS(=O)(=O)N1CCCCCC1CO. The molecule has 6 heteroatoms. The number of aliphatic hydroxyl groups excluding tert-OH is 1. The highest BCUT2D eigenvalue weighted by atomic mass is 32.2. The zero-order valence-electron chi connectivity index (χ0n) is 10.6. The molecule has 0 aliphatic carbocycles. The van der Waals surface area contributed by atoms with Gasteiger partial charge in [0.1, 0.15) is 0 Å². The number of aliphatic hydroxyl groups is 1. The molecular weight excluding hydrogens is 240 g/mol. The summed E-state index contributed by atoms with van der Waals surface area (Å²) in [4.78, 5) is 0. The Bertz CT molecular complexity index is 306. The monoisotopic (exact) mass is 264 g/mol. The van der Waals surface area contributed by atoms with Crippen LogP contribution in [0.15, 0.2) is 0 Å². The third-order valence-corrected chi connectivity index (χ3v) is 5.09. The molecule has 17 heavy (non-hydrogen) atoms. The first-order valence-electron chi connectivity index (χ1n) is 6.43. The molecule has 0 aromatic heterocycles. The maximum atomic E-state index is 12.2. The lowest BCUT2D eigenvalue weighted by Crippen LogP contribution is -2.44. The van der Waals surface area contributed by atoms with Gasteiger partial charge in [-0.1, -0.05) is 19.8 Å². The van der Waals surface area contributed by atoms with Crippen LogP contribution in [0.25, 0.3) is 0 Å². The van der Waals surface area contributed by atoms with Gasteiger partial charge in [-0.05, 0) is 19.4 Å². The third-order valence-electron chi connectivity index (χ3n) is 3.18. The van der Waals surface area contributed by atoms with Crippen LogP contribution in [-0.4, -0.2) is 55.9 Å². The molecule has 1 unspecified atom stereocenters. The van der Waals surface area contributed by atoms with Crippen LogP contribution >= 0.6 is 0 Å². The smallest absolute Gasteiger partial charge is 0.215 e.